The third-order valence-corrected chi connectivity index (χ3v) is 3.97. The van der Waals surface area contributed by atoms with E-state index in [4.69, 9.17) is 4.42 Å². The number of aromatic carboxylic acids is 1. The molecule has 1 amide bonds. The molecule has 0 radical (unpaired) electrons. The van der Waals surface area contributed by atoms with Crippen LogP contribution in [0, 0.1) is 0 Å². The molecular weight excluding hydrogens is 308 g/mol. The number of para-hydroxylation sites is 1. The first-order chi connectivity index (χ1) is 11.6. The normalized spacial score (nSPS) is 10.9. The average molecular weight is 326 g/mol. The van der Waals surface area contributed by atoms with Crippen molar-refractivity contribution >= 4 is 22.8 Å². The van der Waals surface area contributed by atoms with E-state index in [1.54, 1.807) is 23.0 Å². The van der Waals surface area contributed by atoms with Crippen molar-refractivity contribution in [1.82, 2.24) is 9.88 Å². The second kappa shape index (κ2) is 6.62. The Kier molecular flexibility index (Phi) is 4.37. The van der Waals surface area contributed by atoms with E-state index in [2.05, 4.69) is 5.32 Å². The van der Waals surface area contributed by atoms with E-state index in [1.807, 2.05) is 31.2 Å². The van der Waals surface area contributed by atoms with Gasteiger partial charge in [-0.1, -0.05) is 18.2 Å². The van der Waals surface area contributed by atoms with Gasteiger partial charge in [0.2, 0.25) is 5.91 Å². The lowest BCUT2D eigenvalue weighted by molar-refractivity contribution is -0.120. The molecule has 0 aliphatic heterocycles. The first kappa shape index (κ1) is 15.9. The van der Waals surface area contributed by atoms with E-state index in [0.29, 0.717) is 17.9 Å². The van der Waals surface area contributed by atoms with Crippen LogP contribution in [0.1, 0.15) is 28.7 Å². The van der Waals surface area contributed by atoms with Crippen LogP contribution in [0.4, 0.5) is 0 Å². The molecule has 124 valence electrons. The van der Waals surface area contributed by atoms with Crippen molar-refractivity contribution in [3.05, 3.63) is 59.7 Å². The SMILES string of the molecule is CCn1c(C(=O)O)c(CC(=O)NCc2ccco2)c2ccccc21. The zero-order valence-electron chi connectivity index (χ0n) is 13.3. The molecule has 3 rings (SSSR count). The summed E-state index contributed by atoms with van der Waals surface area (Å²) in [6, 6.07) is 10.9. The number of benzene rings is 1. The molecule has 1 aromatic carbocycles. The van der Waals surface area contributed by atoms with Gasteiger partial charge in [-0.25, -0.2) is 4.79 Å². The summed E-state index contributed by atoms with van der Waals surface area (Å²) in [5, 5.41) is 13.2. The molecule has 0 unspecified atom stereocenters. The number of carbonyl (C=O) groups excluding carboxylic acids is 1. The minimum absolute atomic E-state index is 0.00978. The summed E-state index contributed by atoms with van der Waals surface area (Å²) in [6.45, 7) is 2.69. The van der Waals surface area contributed by atoms with Gasteiger partial charge < -0.3 is 19.4 Å². The smallest absolute Gasteiger partial charge is 0.352 e. The highest BCUT2D eigenvalue weighted by molar-refractivity contribution is 6.00. The molecule has 0 bridgehead atoms. The number of rotatable bonds is 6. The summed E-state index contributed by atoms with van der Waals surface area (Å²) >= 11 is 0. The highest BCUT2D eigenvalue weighted by Gasteiger charge is 2.23. The second-order valence-corrected chi connectivity index (χ2v) is 5.43. The van der Waals surface area contributed by atoms with Gasteiger partial charge in [0.25, 0.3) is 0 Å². The predicted octanol–water partition coefficient (Wildman–Crippen LogP) is 2.81. The number of carboxylic acids is 1. The van der Waals surface area contributed by atoms with Gasteiger partial charge in [0.15, 0.2) is 0 Å². The zero-order valence-corrected chi connectivity index (χ0v) is 13.3. The Hall–Kier alpha value is -3.02. The van der Waals surface area contributed by atoms with Crippen LogP contribution < -0.4 is 5.32 Å². The van der Waals surface area contributed by atoms with Crippen LogP contribution in [0.5, 0.6) is 0 Å². The molecule has 2 heterocycles. The highest BCUT2D eigenvalue weighted by atomic mass is 16.4. The van der Waals surface area contributed by atoms with Crippen LogP contribution >= 0.6 is 0 Å². The topological polar surface area (TPSA) is 84.5 Å². The van der Waals surface area contributed by atoms with Crippen molar-refractivity contribution in [3.63, 3.8) is 0 Å². The van der Waals surface area contributed by atoms with Crippen LogP contribution in [0.15, 0.2) is 47.1 Å². The Balaban J connectivity index is 1.91. The Morgan fingerprint density at radius 1 is 1.21 bits per heavy atom. The van der Waals surface area contributed by atoms with Gasteiger partial charge in [-0.05, 0) is 25.1 Å². The molecule has 0 saturated carbocycles. The number of hydrogen-bond acceptors (Lipinski definition) is 3. The molecule has 6 nitrogen and oxygen atoms in total. The van der Waals surface area contributed by atoms with Crippen molar-refractivity contribution in [2.75, 3.05) is 0 Å². The second-order valence-electron chi connectivity index (χ2n) is 5.43. The summed E-state index contributed by atoms with van der Waals surface area (Å²) in [6.07, 6.45) is 1.55. The largest absolute Gasteiger partial charge is 0.477 e. The quantitative estimate of drug-likeness (QED) is 0.729. The van der Waals surface area contributed by atoms with Gasteiger partial charge in [-0.2, -0.15) is 0 Å². The van der Waals surface area contributed by atoms with Crippen LogP contribution in [-0.2, 0) is 24.3 Å². The van der Waals surface area contributed by atoms with Gasteiger partial charge in [0.1, 0.15) is 11.5 Å². The summed E-state index contributed by atoms with van der Waals surface area (Å²) in [7, 11) is 0. The molecule has 0 aliphatic rings. The van der Waals surface area contributed by atoms with Gasteiger partial charge in [0, 0.05) is 23.0 Å². The van der Waals surface area contributed by atoms with Crippen LogP contribution in [0.25, 0.3) is 10.9 Å². The maximum Gasteiger partial charge on any atom is 0.352 e. The monoisotopic (exact) mass is 326 g/mol. The van der Waals surface area contributed by atoms with E-state index in [-0.39, 0.29) is 24.6 Å². The van der Waals surface area contributed by atoms with E-state index >= 15 is 0 Å². The van der Waals surface area contributed by atoms with E-state index in [1.165, 1.54) is 0 Å². The summed E-state index contributed by atoms with van der Waals surface area (Å²) in [5.74, 6) is -0.618. The highest BCUT2D eigenvalue weighted by Crippen LogP contribution is 2.27. The number of furan rings is 1. The van der Waals surface area contributed by atoms with Crippen molar-refractivity contribution in [2.24, 2.45) is 0 Å². The average Bonchev–Trinajstić information content (AvgIpc) is 3.19. The number of fused-ring (bicyclic) bond motifs is 1. The zero-order chi connectivity index (χ0) is 17.1. The number of hydrogen-bond donors (Lipinski definition) is 2. The molecule has 2 aromatic heterocycles. The molecule has 3 aromatic rings. The van der Waals surface area contributed by atoms with Gasteiger partial charge in [0.05, 0.1) is 19.2 Å². The Morgan fingerprint density at radius 2 is 2.00 bits per heavy atom. The number of carbonyl (C=O) groups is 2. The van der Waals surface area contributed by atoms with Crippen LogP contribution in [0.3, 0.4) is 0 Å². The fourth-order valence-electron chi connectivity index (χ4n) is 2.95. The summed E-state index contributed by atoms with van der Waals surface area (Å²) in [4.78, 5) is 24.0. The predicted molar refractivity (Wildman–Crippen MR) is 88.8 cm³/mol. The number of carboxylic acid groups (broad SMARTS) is 1. The molecule has 0 saturated heterocycles. The fourth-order valence-corrected chi connectivity index (χ4v) is 2.95. The lowest BCUT2D eigenvalue weighted by atomic mass is 10.1. The lowest BCUT2D eigenvalue weighted by Crippen LogP contribution is -2.25. The minimum Gasteiger partial charge on any atom is -0.477 e. The molecule has 0 atom stereocenters. The maximum absolute atomic E-state index is 12.3. The van der Waals surface area contributed by atoms with Crippen molar-refractivity contribution in [1.29, 1.82) is 0 Å². The minimum atomic E-state index is -1.03. The first-order valence-electron chi connectivity index (χ1n) is 7.74. The van der Waals surface area contributed by atoms with Gasteiger partial charge in [-0.15, -0.1) is 0 Å². The van der Waals surface area contributed by atoms with Crippen molar-refractivity contribution in [3.8, 4) is 0 Å². The number of nitrogens with zero attached hydrogens (tertiary/aromatic N) is 1. The van der Waals surface area contributed by atoms with E-state index in [9.17, 15) is 14.7 Å². The molecule has 24 heavy (non-hydrogen) atoms. The first-order valence-corrected chi connectivity index (χ1v) is 7.74. The van der Waals surface area contributed by atoms with Crippen LogP contribution in [-0.4, -0.2) is 21.6 Å². The fraction of sp³-hybridized carbons (Fsp3) is 0.222. The Labute approximate surface area is 138 Å². The molecule has 2 N–H and O–H groups in total. The molecule has 6 heteroatoms. The van der Waals surface area contributed by atoms with Crippen LogP contribution in [0.2, 0.25) is 0 Å². The van der Waals surface area contributed by atoms with Gasteiger partial charge in [-0.3, -0.25) is 4.79 Å². The van der Waals surface area contributed by atoms with Crippen molar-refractivity contribution in [2.45, 2.75) is 26.4 Å². The van der Waals surface area contributed by atoms with Crippen molar-refractivity contribution < 1.29 is 19.1 Å². The number of aromatic nitrogens is 1. The molecule has 0 spiro atoms. The molecule has 0 fully saturated rings. The number of nitrogens with one attached hydrogen (secondary N) is 1. The summed E-state index contributed by atoms with van der Waals surface area (Å²) < 4.78 is 6.90. The Morgan fingerprint density at radius 3 is 2.67 bits per heavy atom. The standard InChI is InChI=1S/C18H18N2O4/c1-2-20-15-8-4-3-7-13(15)14(17(20)18(22)23)10-16(21)19-11-12-6-5-9-24-12/h3-9H,2,10-11H2,1H3,(H,19,21)(H,22,23). The maximum atomic E-state index is 12.3. The number of amides is 1. The summed E-state index contributed by atoms with van der Waals surface area (Å²) in [5.41, 5.74) is 1.54. The lowest BCUT2D eigenvalue weighted by Gasteiger charge is -2.06. The molecular formula is C18H18N2O4. The van der Waals surface area contributed by atoms with E-state index < -0.39 is 5.97 Å². The van der Waals surface area contributed by atoms with E-state index in [0.717, 1.165) is 10.9 Å². The molecule has 0 aliphatic carbocycles. The Bertz CT molecular complexity index is 878. The third-order valence-electron chi connectivity index (χ3n) is 3.97. The van der Waals surface area contributed by atoms with Gasteiger partial charge >= 0.3 is 5.97 Å². The number of aryl methyl sites for hydroxylation is 1. The third kappa shape index (κ3) is 2.90.